The van der Waals surface area contributed by atoms with Crippen LogP contribution in [-0.2, 0) is 6.54 Å². The Bertz CT molecular complexity index is 562. The maximum absolute atomic E-state index is 13.3. The molecule has 5 nitrogen and oxygen atoms in total. The van der Waals surface area contributed by atoms with Crippen molar-refractivity contribution in [2.45, 2.75) is 6.54 Å². The number of carbonyl (C=O) groups excluding carboxylic acids is 1. The summed E-state index contributed by atoms with van der Waals surface area (Å²) in [4.78, 5) is 22.3. The van der Waals surface area contributed by atoms with E-state index in [9.17, 15) is 13.6 Å². The van der Waals surface area contributed by atoms with Gasteiger partial charge >= 0.3 is 0 Å². The smallest absolute Gasteiger partial charge is 0.254 e. The number of aromatic nitrogens is 3. The minimum absolute atomic E-state index is 0.102. The van der Waals surface area contributed by atoms with Crippen molar-refractivity contribution in [3.63, 3.8) is 0 Å². The third kappa shape index (κ3) is 2.62. The molecule has 0 aromatic carbocycles. The van der Waals surface area contributed by atoms with Crippen LogP contribution in [0.4, 0.5) is 8.78 Å². The molecule has 18 heavy (non-hydrogen) atoms. The standard InChI is InChI=1S/C11H8F2N4O/c12-9-8(2-4-15-10(9)13)11(18)16-5-7-1-3-14-6-17-7/h1-4,6H,5H2,(H,16,18). The first-order valence-electron chi connectivity index (χ1n) is 5.01. The molecule has 2 rings (SSSR count). The molecule has 0 aliphatic heterocycles. The average molecular weight is 250 g/mol. The van der Waals surface area contributed by atoms with Gasteiger partial charge in [-0.1, -0.05) is 0 Å². The summed E-state index contributed by atoms with van der Waals surface area (Å²) in [6, 6.07) is 2.71. The molecule has 0 aliphatic carbocycles. The minimum atomic E-state index is -1.30. The van der Waals surface area contributed by atoms with E-state index in [-0.39, 0.29) is 6.54 Å². The van der Waals surface area contributed by atoms with Crippen LogP contribution < -0.4 is 5.32 Å². The number of halogens is 2. The summed E-state index contributed by atoms with van der Waals surface area (Å²) in [5, 5.41) is 2.42. The Hall–Kier alpha value is -2.44. The van der Waals surface area contributed by atoms with Crippen LogP contribution in [0.2, 0.25) is 0 Å². The maximum atomic E-state index is 13.3. The fourth-order valence-corrected chi connectivity index (χ4v) is 1.28. The number of nitrogens with one attached hydrogen (secondary N) is 1. The molecule has 0 bridgehead atoms. The Balaban J connectivity index is 2.07. The molecule has 2 aromatic rings. The van der Waals surface area contributed by atoms with E-state index in [1.807, 2.05) is 0 Å². The van der Waals surface area contributed by atoms with Crippen molar-refractivity contribution < 1.29 is 13.6 Å². The van der Waals surface area contributed by atoms with Crippen LogP contribution in [0.3, 0.4) is 0 Å². The van der Waals surface area contributed by atoms with Crippen LogP contribution in [0.15, 0.2) is 30.9 Å². The molecule has 0 saturated carbocycles. The third-order valence-corrected chi connectivity index (χ3v) is 2.16. The monoisotopic (exact) mass is 250 g/mol. The Morgan fingerprint density at radius 3 is 2.78 bits per heavy atom. The molecule has 0 saturated heterocycles. The lowest BCUT2D eigenvalue weighted by Crippen LogP contribution is -2.24. The van der Waals surface area contributed by atoms with Crippen molar-refractivity contribution in [2.75, 3.05) is 0 Å². The third-order valence-electron chi connectivity index (χ3n) is 2.16. The van der Waals surface area contributed by atoms with Crippen LogP contribution in [0.5, 0.6) is 0 Å². The summed E-state index contributed by atoms with van der Waals surface area (Å²) < 4.78 is 26.1. The zero-order valence-electron chi connectivity index (χ0n) is 9.10. The van der Waals surface area contributed by atoms with Gasteiger partial charge in [0.15, 0.2) is 5.82 Å². The van der Waals surface area contributed by atoms with E-state index in [1.165, 1.54) is 12.5 Å². The van der Waals surface area contributed by atoms with Gasteiger partial charge in [0.05, 0.1) is 17.8 Å². The Kier molecular flexibility index (Phi) is 3.52. The fraction of sp³-hybridized carbons (Fsp3) is 0.0909. The van der Waals surface area contributed by atoms with Crippen molar-refractivity contribution in [1.29, 1.82) is 0 Å². The predicted molar refractivity (Wildman–Crippen MR) is 57.4 cm³/mol. The maximum Gasteiger partial charge on any atom is 0.254 e. The number of carbonyl (C=O) groups is 1. The van der Waals surface area contributed by atoms with Crippen LogP contribution in [0.1, 0.15) is 16.1 Å². The van der Waals surface area contributed by atoms with Gasteiger partial charge in [0.1, 0.15) is 6.33 Å². The molecule has 0 spiro atoms. The Morgan fingerprint density at radius 2 is 2.06 bits per heavy atom. The lowest BCUT2D eigenvalue weighted by Gasteiger charge is -2.05. The van der Waals surface area contributed by atoms with Crippen LogP contribution >= 0.6 is 0 Å². The highest BCUT2D eigenvalue weighted by atomic mass is 19.2. The molecule has 2 aromatic heterocycles. The van der Waals surface area contributed by atoms with Crippen molar-refractivity contribution in [3.8, 4) is 0 Å². The Morgan fingerprint density at radius 1 is 1.22 bits per heavy atom. The highest BCUT2D eigenvalue weighted by Gasteiger charge is 2.15. The second-order valence-electron chi connectivity index (χ2n) is 3.35. The number of rotatable bonds is 3. The summed E-state index contributed by atoms with van der Waals surface area (Å²) in [6.07, 6.45) is 3.87. The molecule has 0 fully saturated rings. The zero-order valence-corrected chi connectivity index (χ0v) is 9.10. The second-order valence-corrected chi connectivity index (χ2v) is 3.35. The predicted octanol–water partition coefficient (Wildman–Crippen LogP) is 1.08. The first kappa shape index (κ1) is 12.0. The summed E-state index contributed by atoms with van der Waals surface area (Å²) in [6.45, 7) is 0.102. The molecular weight excluding hydrogens is 242 g/mol. The van der Waals surface area contributed by atoms with E-state index in [1.54, 1.807) is 6.07 Å². The van der Waals surface area contributed by atoms with Crippen LogP contribution in [0.25, 0.3) is 0 Å². The molecule has 2 heterocycles. The molecule has 1 amide bonds. The van der Waals surface area contributed by atoms with E-state index in [0.29, 0.717) is 5.69 Å². The Labute approximate surface area is 101 Å². The van der Waals surface area contributed by atoms with E-state index in [2.05, 4.69) is 20.3 Å². The highest BCUT2D eigenvalue weighted by Crippen LogP contribution is 2.08. The number of amides is 1. The van der Waals surface area contributed by atoms with Crippen LogP contribution in [0, 0.1) is 11.8 Å². The quantitative estimate of drug-likeness (QED) is 0.828. The van der Waals surface area contributed by atoms with Crippen molar-refractivity contribution in [1.82, 2.24) is 20.3 Å². The number of nitrogens with zero attached hydrogens (tertiary/aromatic N) is 3. The highest BCUT2D eigenvalue weighted by molar-refractivity contribution is 5.94. The van der Waals surface area contributed by atoms with Crippen molar-refractivity contribution >= 4 is 5.91 Å². The summed E-state index contributed by atoms with van der Waals surface area (Å²) >= 11 is 0. The topological polar surface area (TPSA) is 67.8 Å². The van der Waals surface area contributed by atoms with Crippen LogP contribution in [-0.4, -0.2) is 20.9 Å². The van der Waals surface area contributed by atoms with Gasteiger partial charge in [0, 0.05) is 12.4 Å². The molecule has 7 heteroatoms. The van der Waals surface area contributed by atoms with Gasteiger partial charge in [-0.15, -0.1) is 0 Å². The summed E-state index contributed by atoms with van der Waals surface area (Å²) in [5.74, 6) is -3.30. The number of pyridine rings is 1. The largest absolute Gasteiger partial charge is 0.346 e. The van der Waals surface area contributed by atoms with Crippen molar-refractivity contribution in [2.24, 2.45) is 0 Å². The number of hydrogen-bond acceptors (Lipinski definition) is 4. The van der Waals surface area contributed by atoms with Crippen molar-refractivity contribution in [3.05, 3.63) is 53.9 Å². The van der Waals surface area contributed by atoms with Gasteiger partial charge in [-0.3, -0.25) is 4.79 Å². The molecule has 0 atom stereocenters. The lowest BCUT2D eigenvalue weighted by atomic mass is 10.2. The van der Waals surface area contributed by atoms with Gasteiger partial charge < -0.3 is 5.32 Å². The average Bonchev–Trinajstić information content (AvgIpc) is 2.40. The van der Waals surface area contributed by atoms with E-state index < -0.39 is 23.2 Å². The molecule has 1 N–H and O–H groups in total. The fourth-order valence-electron chi connectivity index (χ4n) is 1.28. The van der Waals surface area contributed by atoms with E-state index >= 15 is 0 Å². The molecular formula is C11H8F2N4O. The molecule has 0 aliphatic rings. The normalized spacial score (nSPS) is 10.1. The zero-order chi connectivity index (χ0) is 13.0. The first-order valence-corrected chi connectivity index (χ1v) is 5.01. The van der Waals surface area contributed by atoms with E-state index in [4.69, 9.17) is 0 Å². The second kappa shape index (κ2) is 5.26. The summed E-state index contributed by atoms with van der Waals surface area (Å²) in [7, 11) is 0. The van der Waals surface area contributed by atoms with Gasteiger partial charge in [0.25, 0.3) is 5.91 Å². The minimum Gasteiger partial charge on any atom is -0.346 e. The number of hydrogen-bond donors (Lipinski definition) is 1. The lowest BCUT2D eigenvalue weighted by molar-refractivity contribution is 0.0945. The van der Waals surface area contributed by atoms with Gasteiger partial charge in [-0.25, -0.2) is 19.3 Å². The van der Waals surface area contributed by atoms with Gasteiger partial charge in [-0.05, 0) is 12.1 Å². The summed E-state index contributed by atoms with van der Waals surface area (Å²) in [5.41, 5.74) is 0.171. The van der Waals surface area contributed by atoms with Gasteiger partial charge in [-0.2, -0.15) is 4.39 Å². The molecule has 92 valence electrons. The molecule has 0 radical (unpaired) electrons. The van der Waals surface area contributed by atoms with E-state index in [0.717, 1.165) is 12.3 Å². The van der Waals surface area contributed by atoms with Gasteiger partial charge in [0.2, 0.25) is 5.95 Å². The first-order chi connectivity index (χ1) is 8.68. The molecule has 0 unspecified atom stereocenters. The SMILES string of the molecule is O=C(NCc1ccncn1)c1ccnc(F)c1F.